The Balaban J connectivity index is 2.31. The van der Waals surface area contributed by atoms with Crippen LogP contribution in [-0.2, 0) is 13.1 Å². The number of nitrogens with zero attached hydrogens (tertiary/aromatic N) is 5. The molecular formula is C9H10N6O2. The summed E-state index contributed by atoms with van der Waals surface area (Å²) >= 11 is 0. The monoisotopic (exact) mass is 234 g/mol. The average molecular weight is 234 g/mol. The van der Waals surface area contributed by atoms with Crippen LogP contribution in [0, 0.1) is 0 Å². The van der Waals surface area contributed by atoms with E-state index in [9.17, 15) is 4.79 Å². The molecule has 3 N–H and O–H groups in total. The molecule has 0 aliphatic rings. The second-order valence-corrected chi connectivity index (χ2v) is 3.25. The Bertz CT molecular complexity index is 524. The van der Waals surface area contributed by atoms with Gasteiger partial charge in [0.25, 0.3) is 0 Å². The molecule has 8 nitrogen and oxygen atoms in total. The zero-order valence-corrected chi connectivity index (χ0v) is 8.82. The van der Waals surface area contributed by atoms with Crippen LogP contribution >= 0.6 is 0 Å². The molecule has 0 bridgehead atoms. The number of aromatic carboxylic acids is 1. The highest BCUT2D eigenvalue weighted by molar-refractivity contribution is 5.86. The Kier molecular flexibility index (Phi) is 3.06. The average Bonchev–Trinajstić information content (AvgIpc) is 2.73. The van der Waals surface area contributed by atoms with Gasteiger partial charge >= 0.3 is 5.97 Å². The molecule has 0 atom stereocenters. The van der Waals surface area contributed by atoms with Crippen LogP contribution in [0.3, 0.4) is 0 Å². The minimum Gasteiger partial charge on any atom is -0.476 e. The lowest BCUT2D eigenvalue weighted by Gasteiger charge is -2.03. The summed E-state index contributed by atoms with van der Waals surface area (Å²) in [6, 6.07) is 0. The van der Waals surface area contributed by atoms with Gasteiger partial charge in [-0.3, -0.25) is 9.97 Å². The van der Waals surface area contributed by atoms with Crippen molar-refractivity contribution in [3.05, 3.63) is 35.7 Å². The molecule has 0 saturated heterocycles. The zero-order chi connectivity index (χ0) is 12.3. The summed E-state index contributed by atoms with van der Waals surface area (Å²) in [6.45, 7) is 0.343. The maximum absolute atomic E-state index is 10.8. The van der Waals surface area contributed by atoms with Crippen LogP contribution in [0.4, 0.5) is 0 Å². The lowest BCUT2D eigenvalue weighted by atomic mass is 10.3. The van der Waals surface area contributed by atoms with E-state index in [1.807, 2.05) is 0 Å². The van der Waals surface area contributed by atoms with E-state index in [4.69, 9.17) is 10.8 Å². The smallest absolute Gasteiger partial charge is 0.358 e. The molecule has 0 aliphatic carbocycles. The highest BCUT2D eigenvalue weighted by Crippen LogP contribution is 2.06. The Morgan fingerprint density at radius 1 is 1.47 bits per heavy atom. The molecule has 0 unspecified atom stereocenters. The van der Waals surface area contributed by atoms with Gasteiger partial charge in [0, 0.05) is 18.9 Å². The predicted molar refractivity (Wildman–Crippen MR) is 56.0 cm³/mol. The second kappa shape index (κ2) is 4.66. The summed E-state index contributed by atoms with van der Waals surface area (Å²) < 4.78 is 1.41. The molecule has 17 heavy (non-hydrogen) atoms. The predicted octanol–water partition coefficient (Wildman–Crippen LogP) is -0.727. The number of hydrogen-bond acceptors (Lipinski definition) is 6. The van der Waals surface area contributed by atoms with Crippen LogP contribution in [0.15, 0.2) is 18.6 Å². The van der Waals surface area contributed by atoms with Crippen molar-refractivity contribution >= 4 is 5.97 Å². The van der Waals surface area contributed by atoms with Crippen LogP contribution in [-0.4, -0.2) is 36.0 Å². The largest absolute Gasteiger partial charge is 0.476 e. The molecule has 2 aromatic heterocycles. The van der Waals surface area contributed by atoms with E-state index in [2.05, 4.69) is 20.3 Å². The van der Waals surface area contributed by atoms with Gasteiger partial charge in [0.15, 0.2) is 5.69 Å². The quantitative estimate of drug-likeness (QED) is 0.715. The molecule has 0 spiro atoms. The van der Waals surface area contributed by atoms with Gasteiger partial charge in [-0.1, -0.05) is 5.21 Å². The van der Waals surface area contributed by atoms with E-state index >= 15 is 0 Å². The van der Waals surface area contributed by atoms with Gasteiger partial charge < -0.3 is 10.8 Å². The summed E-state index contributed by atoms with van der Waals surface area (Å²) in [6.07, 6.45) is 4.67. The lowest BCUT2D eigenvalue weighted by molar-refractivity contribution is 0.0689. The van der Waals surface area contributed by atoms with Crippen molar-refractivity contribution in [2.24, 2.45) is 5.73 Å². The summed E-state index contributed by atoms with van der Waals surface area (Å²) in [5.74, 6) is -1.14. The molecule has 0 aromatic carbocycles. The first-order valence-corrected chi connectivity index (χ1v) is 4.83. The van der Waals surface area contributed by atoms with Crippen molar-refractivity contribution in [2.75, 3.05) is 0 Å². The normalized spacial score (nSPS) is 10.4. The number of carboxylic acids is 1. The number of carbonyl (C=O) groups is 1. The SMILES string of the molecule is NCc1c(C(=O)O)nnn1Cc1cnccn1. The van der Waals surface area contributed by atoms with E-state index in [1.54, 1.807) is 18.6 Å². The Morgan fingerprint density at radius 2 is 2.29 bits per heavy atom. The van der Waals surface area contributed by atoms with Gasteiger partial charge in [-0.15, -0.1) is 5.10 Å². The third-order valence-electron chi connectivity index (χ3n) is 2.16. The minimum absolute atomic E-state index is 0.0505. The maximum Gasteiger partial charge on any atom is 0.358 e. The lowest BCUT2D eigenvalue weighted by Crippen LogP contribution is -2.13. The van der Waals surface area contributed by atoms with Crippen molar-refractivity contribution < 1.29 is 9.90 Å². The van der Waals surface area contributed by atoms with Gasteiger partial charge in [0.05, 0.1) is 24.1 Å². The van der Waals surface area contributed by atoms with E-state index in [0.29, 0.717) is 17.9 Å². The van der Waals surface area contributed by atoms with E-state index in [-0.39, 0.29) is 12.2 Å². The van der Waals surface area contributed by atoms with Gasteiger partial charge in [0.1, 0.15) is 0 Å². The van der Waals surface area contributed by atoms with Crippen molar-refractivity contribution in [3.8, 4) is 0 Å². The molecule has 2 aromatic rings. The van der Waals surface area contributed by atoms with Crippen LogP contribution in [0.5, 0.6) is 0 Å². The standard InChI is InChI=1S/C9H10N6O2/c10-3-7-8(9(16)17)13-14-15(7)5-6-4-11-1-2-12-6/h1-2,4H,3,5,10H2,(H,16,17). The number of hydrogen-bond donors (Lipinski definition) is 2. The Labute approximate surface area is 96.1 Å². The van der Waals surface area contributed by atoms with Crippen LogP contribution < -0.4 is 5.73 Å². The third kappa shape index (κ3) is 2.26. The summed E-state index contributed by atoms with van der Waals surface area (Å²) in [5, 5.41) is 16.2. The van der Waals surface area contributed by atoms with Crippen molar-refractivity contribution in [1.29, 1.82) is 0 Å². The number of rotatable bonds is 4. The number of aromatic nitrogens is 5. The first-order valence-electron chi connectivity index (χ1n) is 4.83. The summed E-state index contributed by atoms with van der Waals surface area (Å²) in [5.41, 5.74) is 6.38. The van der Waals surface area contributed by atoms with Crippen molar-refractivity contribution in [1.82, 2.24) is 25.0 Å². The highest BCUT2D eigenvalue weighted by Gasteiger charge is 2.17. The van der Waals surface area contributed by atoms with E-state index in [1.165, 1.54) is 4.68 Å². The molecule has 0 amide bonds. The molecule has 0 radical (unpaired) electrons. The van der Waals surface area contributed by atoms with Crippen molar-refractivity contribution in [2.45, 2.75) is 13.1 Å². The maximum atomic E-state index is 10.8. The fourth-order valence-corrected chi connectivity index (χ4v) is 1.39. The van der Waals surface area contributed by atoms with Crippen LogP contribution in [0.2, 0.25) is 0 Å². The summed E-state index contributed by atoms with van der Waals surface area (Å²) in [7, 11) is 0. The van der Waals surface area contributed by atoms with Gasteiger partial charge in [0.2, 0.25) is 0 Å². The fraction of sp³-hybridized carbons (Fsp3) is 0.222. The van der Waals surface area contributed by atoms with E-state index in [0.717, 1.165) is 0 Å². The first-order chi connectivity index (χ1) is 8.22. The zero-order valence-electron chi connectivity index (χ0n) is 8.82. The van der Waals surface area contributed by atoms with Crippen LogP contribution in [0.1, 0.15) is 21.9 Å². The number of nitrogens with two attached hydrogens (primary N) is 1. The van der Waals surface area contributed by atoms with E-state index < -0.39 is 5.97 Å². The molecule has 0 aliphatic heterocycles. The second-order valence-electron chi connectivity index (χ2n) is 3.25. The van der Waals surface area contributed by atoms with Gasteiger partial charge in [-0.25, -0.2) is 9.48 Å². The molecule has 0 fully saturated rings. The third-order valence-corrected chi connectivity index (χ3v) is 2.16. The molecular weight excluding hydrogens is 224 g/mol. The fourth-order valence-electron chi connectivity index (χ4n) is 1.39. The molecule has 2 heterocycles. The first kappa shape index (κ1) is 11.1. The summed E-state index contributed by atoms with van der Waals surface area (Å²) in [4.78, 5) is 18.8. The van der Waals surface area contributed by atoms with Crippen LogP contribution in [0.25, 0.3) is 0 Å². The van der Waals surface area contributed by atoms with Gasteiger partial charge in [-0.05, 0) is 0 Å². The molecule has 2 rings (SSSR count). The highest BCUT2D eigenvalue weighted by atomic mass is 16.4. The van der Waals surface area contributed by atoms with Gasteiger partial charge in [-0.2, -0.15) is 0 Å². The molecule has 88 valence electrons. The Hall–Kier alpha value is -2.35. The topological polar surface area (TPSA) is 120 Å². The molecule has 0 saturated carbocycles. The Morgan fingerprint density at radius 3 is 2.88 bits per heavy atom. The number of carboxylic acid groups (broad SMARTS) is 1. The van der Waals surface area contributed by atoms with Crippen molar-refractivity contribution in [3.63, 3.8) is 0 Å². The minimum atomic E-state index is -1.14. The molecule has 8 heteroatoms.